The van der Waals surface area contributed by atoms with Crippen molar-refractivity contribution in [3.63, 3.8) is 0 Å². The van der Waals surface area contributed by atoms with Gasteiger partial charge in [0.25, 0.3) is 0 Å². The Morgan fingerprint density at radius 3 is 2.67 bits per heavy atom. The predicted molar refractivity (Wildman–Crippen MR) is 59.7 cm³/mol. The molecule has 2 atom stereocenters. The Balaban J connectivity index is 2.21. The molecule has 1 rings (SSSR count). The van der Waals surface area contributed by atoms with E-state index in [1.54, 1.807) is 0 Å². The second-order valence-electron chi connectivity index (χ2n) is 4.11. The highest BCUT2D eigenvalue weighted by molar-refractivity contribution is 4.83. The Hall–Kier alpha value is -0.900. The van der Waals surface area contributed by atoms with Crippen LogP contribution in [0.25, 0.3) is 0 Å². The number of hydrogen-bond donors (Lipinski definition) is 1. The zero-order chi connectivity index (χ0) is 11.3. The number of nitrogens with one attached hydrogen (secondary N) is 1. The van der Waals surface area contributed by atoms with Crippen molar-refractivity contribution in [2.24, 2.45) is 5.92 Å². The molecule has 0 spiro atoms. The summed E-state index contributed by atoms with van der Waals surface area (Å²) in [6, 6.07) is 0.541. The van der Waals surface area contributed by atoms with Crippen molar-refractivity contribution >= 4 is 0 Å². The van der Waals surface area contributed by atoms with Crippen LogP contribution in [0, 0.1) is 12.8 Å². The van der Waals surface area contributed by atoms with Crippen LogP contribution in [-0.2, 0) is 6.42 Å². The molecule has 0 amide bonds. The van der Waals surface area contributed by atoms with Gasteiger partial charge in [0, 0.05) is 19.0 Å². The lowest BCUT2D eigenvalue weighted by atomic mass is 10.0. The van der Waals surface area contributed by atoms with Gasteiger partial charge in [-0.15, -0.1) is 0 Å². The maximum absolute atomic E-state index is 5.03. The van der Waals surface area contributed by atoms with Gasteiger partial charge in [-0.2, -0.15) is 4.98 Å². The first kappa shape index (κ1) is 12.2. The molecule has 2 unspecified atom stereocenters. The van der Waals surface area contributed by atoms with E-state index < -0.39 is 0 Å². The Morgan fingerprint density at radius 2 is 2.13 bits per heavy atom. The van der Waals surface area contributed by atoms with Crippen molar-refractivity contribution in [3.8, 4) is 0 Å². The predicted octanol–water partition coefficient (Wildman–Crippen LogP) is 1.94. The zero-order valence-corrected chi connectivity index (χ0v) is 10.1. The molecule has 0 aromatic carbocycles. The van der Waals surface area contributed by atoms with Gasteiger partial charge in [0.15, 0.2) is 5.82 Å². The topological polar surface area (TPSA) is 51.0 Å². The van der Waals surface area contributed by atoms with Crippen LogP contribution in [0.15, 0.2) is 4.52 Å². The molecule has 0 aliphatic heterocycles. The zero-order valence-electron chi connectivity index (χ0n) is 10.1. The minimum atomic E-state index is 0.541. The van der Waals surface area contributed by atoms with Crippen molar-refractivity contribution in [1.82, 2.24) is 15.5 Å². The van der Waals surface area contributed by atoms with Crippen LogP contribution in [-0.4, -0.2) is 22.7 Å². The molecule has 4 heteroatoms. The number of aromatic nitrogens is 2. The van der Waals surface area contributed by atoms with E-state index in [0.717, 1.165) is 18.9 Å². The fourth-order valence-corrected chi connectivity index (χ4v) is 1.40. The summed E-state index contributed by atoms with van der Waals surface area (Å²) < 4.78 is 5.03. The Kier molecular flexibility index (Phi) is 4.75. The third kappa shape index (κ3) is 4.00. The smallest absolute Gasteiger partial charge is 0.227 e. The monoisotopic (exact) mass is 211 g/mol. The fraction of sp³-hybridized carbons (Fsp3) is 0.818. The molecule has 86 valence electrons. The summed E-state index contributed by atoms with van der Waals surface area (Å²) in [7, 11) is 0. The first-order valence-corrected chi connectivity index (χ1v) is 5.66. The second kappa shape index (κ2) is 5.85. The lowest BCUT2D eigenvalue weighted by Gasteiger charge is -2.19. The molecule has 0 saturated carbocycles. The van der Waals surface area contributed by atoms with Crippen LogP contribution < -0.4 is 5.32 Å². The summed E-state index contributed by atoms with van der Waals surface area (Å²) in [5.41, 5.74) is 0. The number of aryl methyl sites for hydroxylation is 1. The van der Waals surface area contributed by atoms with E-state index in [4.69, 9.17) is 4.52 Å². The van der Waals surface area contributed by atoms with Crippen molar-refractivity contribution in [1.29, 1.82) is 0 Å². The van der Waals surface area contributed by atoms with E-state index >= 15 is 0 Å². The van der Waals surface area contributed by atoms with Gasteiger partial charge in [0.05, 0.1) is 0 Å². The molecular weight excluding hydrogens is 190 g/mol. The van der Waals surface area contributed by atoms with Crippen LogP contribution in [0.2, 0.25) is 0 Å². The molecule has 0 fully saturated rings. The van der Waals surface area contributed by atoms with Gasteiger partial charge in [-0.1, -0.05) is 25.4 Å². The minimum absolute atomic E-state index is 0.541. The van der Waals surface area contributed by atoms with Gasteiger partial charge < -0.3 is 9.84 Å². The molecule has 0 bridgehead atoms. The molecular formula is C11H21N3O. The quantitative estimate of drug-likeness (QED) is 0.781. The van der Waals surface area contributed by atoms with Gasteiger partial charge in [0.2, 0.25) is 5.89 Å². The Labute approximate surface area is 91.5 Å². The average molecular weight is 211 g/mol. The molecule has 15 heavy (non-hydrogen) atoms. The van der Waals surface area contributed by atoms with E-state index in [-0.39, 0.29) is 0 Å². The highest BCUT2D eigenvalue weighted by Gasteiger charge is 2.09. The number of nitrogens with zero attached hydrogens (tertiary/aromatic N) is 2. The summed E-state index contributed by atoms with van der Waals surface area (Å²) in [5.74, 6) is 2.13. The lowest BCUT2D eigenvalue weighted by Crippen LogP contribution is -2.33. The van der Waals surface area contributed by atoms with Crippen molar-refractivity contribution in [3.05, 3.63) is 11.7 Å². The van der Waals surface area contributed by atoms with Gasteiger partial charge >= 0.3 is 0 Å². The third-order valence-corrected chi connectivity index (χ3v) is 2.87. The molecule has 1 heterocycles. The summed E-state index contributed by atoms with van der Waals surface area (Å²) in [5, 5.41) is 7.22. The van der Waals surface area contributed by atoms with Gasteiger partial charge in [-0.05, 0) is 19.8 Å². The van der Waals surface area contributed by atoms with E-state index in [2.05, 4.69) is 36.2 Å². The number of hydrogen-bond acceptors (Lipinski definition) is 4. The van der Waals surface area contributed by atoms with Crippen molar-refractivity contribution in [2.75, 3.05) is 6.54 Å². The van der Waals surface area contributed by atoms with Crippen molar-refractivity contribution < 1.29 is 4.52 Å². The molecule has 4 nitrogen and oxygen atoms in total. The third-order valence-electron chi connectivity index (χ3n) is 2.87. The lowest BCUT2D eigenvalue weighted by molar-refractivity contribution is 0.355. The standard InChI is InChI=1S/C11H21N3O/c1-5-8(2)9(3)12-7-6-11-13-10(4)14-15-11/h8-9,12H,5-7H2,1-4H3. The van der Waals surface area contributed by atoms with Crippen LogP contribution in [0.3, 0.4) is 0 Å². The highest BCUT2D eigenvalue weighted by atomic mass is 16.5. The normalized spacial score (nSPS) is 15.2. The first-order chi connectivity index (χ1) is 7.13. The van der Waals surface area contributed by atoms with Gasteiger partial charge in [-0.25, -0.2) is 0 Å². The maximum atomic E-state index is 5.03. The first-order valence-electron chi connectivity index (χ1n) is 5.66. The van der Waals surface area contributed by atoms with E-state index in [1.807, 2.05) is 6.92 Å². The second-order valence-corrected chi connectivity index (χ2v) is 4.11. The fourth-order valence-electron chi connectivity index (χ4n) is 1.40. The minimum Gasteiger partial charge on any atom is -0.339 e. The van der Waals surface area contributed by atoms with Gasteiger partial charge in [-0.3, -0.25) is 0 Å². The Morgan fingerprint density at radius 1 is 1.40 bits per heavy atom. The van der Waals surface area contributed by atoms with Crippen LogP contribution in [0.4, 0.5) is 0 Å². The van der Waals surface area contributed by atoms with Crippen molar-refractivity contribution in [2.45, 2.75) is 46.6 Å². The molecule has 1 aromatic heterocycles. The maximum Gasteiger partial charge on any atom is 0.227 e. The summed E-state index contributed by atoms with van der Waals surface area (Å²) in [4.78, 5) is 4.15. The molecule has 0 aliphatic rings. The summed E-state index contributed by atoms with van der Waals surface area (Å²) >= 11 is 0. The molecule has 1 N–H and O–H groups in total. The molecule has 0 saturated heterocycles. The molecule has 0 radical (unpaired) electrons. The highest BCUT2D eigenvalue weighted by Crippen LogP contribution is 2.06. The van der Waals surface area contributed by atoms with E-state index in [1.165, 1.54) is 6.42 Å². The summed E-state index contributed by atoms with van der Waals surface area (Å²) in [6.45, 7) is 9.42. The largest absolute Gasteiger partial charge is 0.339 e. The molecule has 1 aromatic rings. The van der Waals surface area contributed by atoms with E-state index in [9.17, 15) is 0 Å². The van der Waals surface area contributed by atoms with Crippen LogP contribution >= 0.6 is 0 Å². The van der Waals surface area contributed by atoms with E-state index in [0.29, 0.717) is 17.8 Å². The SMILES string of the molecule is CCC(C)C(C)NCCc1nc(C)no1. The number of rotatable bonds is 6. The average Bonchev–Trinajstić information content (AvgIpc) is 2.63. The van der Waals surface area contributed by atoms with Crippen LogP contribution in [0.1, 0.15) is 38.9 Å². The van der Waals surface area contributed by atoms with Crippen LogP contribution in [0.5, 0.6) is 0 Å². The molecule has 0 aliphatic carbocycles. The van der Waals surface area contributed by atoms with Gasteiger partial charge in [0.1, 0.15) is 0 Å². The Bertz CT molecular complexity index is 285. The summed E-state index contributed by atoms with van der Waals surface area (Å²) in [6.07, 6.45) is 2.01.